The lowest BCUT2D eigenvalue weighted by atomic mass is 10.3. The quantitative estimate of drug-likeness (QED) is 0.351. The number of carbonyl (C=O) groups is 1. The summed E-state index contributed by atoms with van der Waals surface area (Å²) < 4.78 is 0. The minimum absolute atomic E-state index is 0.228. The third-order valence-electron chi connectivity index (χ3n) is 3.28. The van der Waals surface area contributed by atoms with E-state index in [0.717, 1.165) is 18.5 Å². The van der Waals surface area contributed by atoms with E-state index in [1.54, 1.807) is 36.4 Å². The van der Waals surface area contributed by atoms with E-state index in [1.807, 2.05) is 12.1 Å². The first-order valence-corrected chi connectivity index (χ1v) is 8.46. The molecule has 0 fully saturated rings. The molecule has 0 aromatic heterocycles. The second kappa shape index (κ2) is 9.54. The van der Waals surface area contributed by atoms with Crippen LogP contribution < -0.4 is 21.7 Å². The molecule has 132 valence electrons. The average molecular weight is 360 g/mol. The van der Waals surface area contributed by atoms with Gasteiger partial charge in [-0.25, -0.2) is 9.79 Å². The van der Waals surface area contributed by atoms with Gasteiger partial charge in [0.1, 0.15) is 0 Å². The Morgan fingerprint density at radius 2 is 1.80 bits per heavy atom. The number of guanidine groups is 1. The maximum atomic E-state index is 11.8. The van der Waals surface area contributed by atoms with Crippen molar-refractivity contribution in [1.29, 1.82) is 0 Å². The summed E-state index contributed by atoms with van der Waals surface area (Å²) in [5, 5.41) is 9.22. The average Bonchev–Trinajstić information content (AvgIpc) is 2.57. The van der Waals surface area contributed by atoms with Crippen molar-refractivity contribution in [2.45, 2.75) is 19.8 Å². The maximum Gasteiger partial charge on any atom is 0.319 e. The number of benzene rings is 2. The summed E-state index contributed by atoms with van der Waals surface area (Å²) in [7, 11) is 0. The molecule has 0 saturated heterocycles. The van der Waals surface area contributed by atoms with Crippen molar-refractivity contribution >= 4 is 40.7 Å². The highest BCUT2D eigenvalue weighted by molar-refractivity contribution is 6.30. The van der Waals surface area contributed by atoms with Crippen LogP contribution in [0.25, 0.3) is 0 Å². The highest BCUT2D eigenvalue weighted by Crippen LogP contribution is 2.18. The molecule has 0 aliphatic rings. The molecule has 0 unspecified atom stereocenters. The van der Waals surface area contributed by atoms with Crippen LogP contribution in [0.15, 0.2) is 53.5 Å². The number of amides is 2. The molecule has 2 rings (SSSR count). The topological polar surface area (TPSA) is 91.5 Å². The van der Waals surface area contributed by atoms with Gasteiger partial charge in [0, 0.05) is 22.9 Å². The van der Waals surface area contributed by atoms with Gasteiger partial charge >= 0.3 is 6.03 Å². The Bertz CT molecular complexity index is 731. The molecule has 6 nitrogen and oxygen atoms in total. The second-order valence-corrected chi connectivity index (χ2v) is 5.85. The number of nitrogens with zero attached hydrogens (tertiary/aromatic N) is 1. The van der Waals surface area contributed by atoms with E-state index in [9.17, 15) is 4.79 Å². The van der Waals surface area contributed by atoms with Crippen LogP contribution in [0.2, 0.25) is 5.02 Å². The van der Waals surface area contributed by atoms with E-state index in [0.29, 0.717) is 22.9 Å². The predicted octanol–water partition coefficient (Wildman–Crippen LogP) is 4.32. The zero-order valence-corrected chi connectivity index (χ0v) is 14.8. The van der Waals surface area contributed by atoms with Crippen molar-refractivity contribution in [2.24, 2.45) is 10.7 Å². The fraction of sp³-hybridized carbons (Fsp3) is 0.222. The number of halogens is 1. The zero-order valence-electron chi connectivity index (χ0n) is 14.1. The summed E-state index contributed by atoms with van der Waals surface area (Å²) in [5.74, 6) is 0.242. The number of unbranched alkanes of at least 4 members (excludes halogenated alkanes) is 1. The lowest BCUT2D eigenvalue weighted by Gasteiger charge is -2.10. The number of hydrogen-bond donors (Lipinski definition) is 4. The van der Waals surface area contributed by atoms with Gasteiger partial charge in [-0.15, -0.1) is 0 Å². The lowest BCUT2D eigenvalue weighted by Crippen LogP contribution is -2.29. The molecule has 0 saturated carbocycles. The van der Waals surface area contributed by atoms with Crippen molar-refractivity contribution in [1.82, 2.24) is 5.32 Å². The number of anilines is 2. The minimum Gasteiger partial charge on any atom is -0.369 e. The monoisotopic (exact) mass is 359 g/mol. The Kier molecular flexibility index (Phi) is 7.10. The van der Waals surface area contributed by atoms with Gasteiger partial charge in [0.15, 0.2) is 5.96 Å². The number of nitrogens with two attached hydrogens (primary N) is 1. The number of rotatable bonds is 6. The van der Waals surface area contributed by atoms with Gasteiger partial charge in [0.2, 0.25) is 0 Å². The summed E-state index contributed by atoms with van der Waals surface area (Å²) in [4.78, 5) is 16.0. The Morgan fingerprint density at radius 1 is 1.12 bits per heavy atom. The first-order valence-electron chi connectivity index (χ1n) is 8.08. The van der Waals surface area contributed by atoms with Crippen LogP contribution in [-0.2, 0) is 0 Å². The van der Waals surface area contributed by atoms with Crippen LogP contribution in [0.5, 0.6) is 0 Å². The van der Waals surface area contributed by atoms with Gasteiger partial charge in [-0.2, -0.15) is 0 Å². The molecular weight excluding hydrogens is 338 g/mol. The molecule has 0 atom stereocenters. The Balaban J connectivity index is 1.96. The minimum atomic E-state index is -0.228. The molecular formula is C18H22ClN5O. The standard InChI is InChI=1S/C18H22ClN5O/c1-2-3-11-21-18(25)24-16-6-4-5-15(12-16)23-17(20)22-14-9-7-13(19)8-10-14/h4-10,12H,2-3,11H2,1H3,(H3,20,22,23)(H2,21,24,25). The number of carbonyl (C=O) groups excluding carboxylic acids is 1. The van der Waals surface area contributed by atoms with Gasteiger partial charge in [0.25, 0.3) is 0 Å². The van der Waals surface area contributed by atoms with Crippen LogP contribution in [0, 0.1) is 0 Å². The molecule has 2 amide bonds. The summed E-state index contributed by atoms with van der Waals surface area (Å²) >= 11 is 5.84. The molecule has 2 aromatic rings. The van der Waals surface area contributed by atoms with Crippen molar-refractivity contribution in [2.75, 3.05) is 17.2 Å². The molecule has 0 aliphatic heterocycles. The van der Waals surface area contributed by atoms with Crippen LogP contribution in [0.4, 0.5) is 21.9 Å². The van der Waals surface area contributed by atoms with E-state index in [4.69, 9.17) is 17.3 Å². The van der Waals surface area contributed by atoms with E-state index < -0.39 is 0 Å². The highest BCUT2D eigenvalue weighted by atomic mass is 35.5. The van der Waals surface area contributed by atoms with Crippen LogP contribution in [0.3, 0.4) is 0 Å². The molecule has 0 radical (unpaired) electrons. The van der Waals surface area contributed by atoms with Crippen LogP contribution in [-0.4, -0.2) is 18.5 Å². The van der Waals surface area contributed by atoms with Crippen LogP contribution in [0.1, 0.15) is 19.8 Å². The molecule has 0 heterocycles. The summed E-state index contributed by atoms with van der Waals surface area (Å²) in [6.07, 6.45) is 1.98. The summed E-state index contributed by atoms with van der Waals surface area (Å²) in [6, 6.07) is 14.0. The Labute approximate surface area is 152 Å². The zero-order chi connectivity index (χ0) is 18.1. The molecule has 0 bridgehead atoms. The van der Waals surface area contributed by atoms with Gasteiger partial charge < -0.3 is 21.7 Å². The fourth-order valence-electron chi connectivity index (χ4n) is 2.06. The van der Waals surface area contributed by atoms with E-state index >= 15 is 0 Å². The molecule has 0 aliphatic carbocycles. The molecule has 7 heteroatoms. The van der Waals surface area contributed by atoms with E-state index in [-0.39, 0.29) is 12.0 Å². The third kappa shape index (κ3) is 6.73. The highest BCUT2D eigenvalue weighted by Gasteiger charge is 2.02. The first kappa shape index (κ1) is 18.6. The number of aliphatic imine (C=N–C) groups is 1. The normalized spacial score (nSPS) is 11.0. The van der Waals surface area contributed by atoms with E-state index in [1.165, 1.54) is 0 Å². The Hall–Kier alpha value is -2.73. The van der Waals surface area contributed by atoms with Gasteiger partial charge in [0.05, 0.1) is 5.69 Å². The molecule has 0 spiro atoms. The van der Waals surface area contributed by atoms with Crippen molar-refractivity contribution in [3.63, 3.8) is 0 Å². The van der Waals surface area contributed by atoms with Crippen molar-refractivity contribution in [3.8, 4) is 0 Å². The van der Waals surface area contributed by atoms with E-state index in [2.05, 4.69) is 27.9 Å². The predicted molar refractivity (Wildman–Crippen MR) is 105 cm³/mol. The van der Waals surface area contributed by atoms with Gasteiger partial charge in [-0.05, 0) is 48.9 Å². The first-order chi connectivity index (χ1) is 12.1. The summed E-state index contributed by atoms with van der Waals surface area (Å²) in [5.41, 5.74) is 8.00. The smallest absolute Gasteiger partial charge is 0.319 e. The number of nitrogens with one attached hydrogen (secondary N) is 3. The lowest BCUT2D eigenvalue weighted by molar-refractivity contribution is 0.252. The van der Waals surface area contributed by atoms with Crippen molar-refractivity contribution < 1.29 is 4.79 Å². The summed E-state index contributed by atoms with van der Waals surface area (Å²) in [6.45, 7) is 2.73. The second-order valence-electron chi connectivity index (χ2n) is 5.41. The van der Waals surface area contributed by atoms with Gasteiger partial charge in [-0.1, -0.05) is 31.0 Å². The number of urea groups is 1. The Morgan fingerprint density at radius 3 is 2.48 bits per heavy atom. The fourth-order valence-corrected chi connectivity index (χ4v) is 2.19. The van der Waals surface area contributed by atoms with Crippen molar-refractivity contribution in [3.05, 3.63) is 53.6 Å². The maximum absolute atomic E-state index is 11.8. The third-order valence-corrected chi connectivity index (χ3v) is 3.54. The van der Waals surface area contributed by atoms with Gasteiger partial charge in [-0.3, -0.25) is 0 Å². The molecule has 5 N–H and O–H groups in total. The largest absolute Gasteiger partial charge is 0.369 e. The number of hydrogen-bond acceptors (Lipinski definition) is 2. The SMILES string of the molecule is CCCCNC(=O)Nc1cccc(NC(N)=Nc2ccc(Cl)cc2)c1. The molecule has 2 aromatic carbocycles. The molecule has 25 heavy (non-hydrogen) atoms. The van der Waals surface area contributed by atoms with Crippen LogP contribution >= 0.6 is 11.6 Å².